The fourth-order valence-corrected chi connectivity index (χ4v) is 2.64. The molecule has 0 spiro atoms. The van der Waals surface area contributed by atoms with Gasteiger partial charge in [0.05, 0.1) is 6.33 Å². The fraction of sp³-hybridized carbons (Fsp3) is 0.625. The lowest BCUT2D eigenvalue weighted by Gasteiger charge is -2.16. The van der Waals surface area contributed by atoms with Crippen LogP contribution in [-0.2, 0) is 17.1 Å². The molecule has 0 aliphatic carbocycles. The summed E-state index contributed by atoms with van der Waals surface area (Å²) in [5.74, 6) is 0. The maximum absolute atomic E-state index is 11.9. The van der Waals surface area contributed by atoms with E-state index in [0.29, 0.717) is 13.1 Å². The molecule has 0 aliphatic rings. The van der Waals surface area contributed by atoms with E-state index in [2.05, 4.69) is 4.98 Å². The number of sulfonamides is 1. The first kappa shape index (κ1) is 11.2. The minimum atomic E-state index is -3.38. The zero-order chi connectivity index (χ0) is 10.8. The van der Waals surface area contributed by atoms with Crippen molar-refractivity contribution in [3.63, 3.8) is 0 Å². The first-order chi connectivity index (χ1) is 6.52. The molecule has 0 atom stereocenters. The van der Waals surface area contributed by atoms with Crippen LogP contribution in [0.4, 0.5) is 0 Å². The summed E-state index contributed by atoms with van der Waals surface area (Å²) >= 11 is 0. The molecule has 1 heterocycles. The third-order valence-electron chi connectivity index (χ3n) is 1.99. The molecule has 0 N–H and O–H groups in total. The Morgan fingerprint density at radius 1 is 1.43 bits per heavy atom. The van der Waals surface area contributed by atoms with E-state index in [0.717, 1.165) is 0 Å². The maximum Gasteiger partial charge on any atom is 0.262 e. The third kappa shape index (κ3) is 1.96. The van der Waals surface area contributed by atoms with E-state index >= 15 is 0 Å². The Bertz CT molecular complexity index is 392. The van der Waals surface area contributed by atoms with Crippen LogP contribution in [0.15, 0.2) is 17.6 Å². The summed E-state index contributed by atoms with van der Waals surface area (Å²) in [4.78, 5) is 3.84. The molecule has 80 valence electrons. The van der Waals surface area contributed by atoms with Crippen LogP contribution in [0.3, 0.4) is 0 Å². The second kappa shape index (κ2) is 4.10. The maximum atomic E-state index is 11.9. The van der Waals surface area contributed by atoms with Gasteiger partial charge in [0.25, 0.3) is 10.0 Å². The van der Waals surface area contributed by atoms with Crippen molar-refractivity contribution in [3.05, 3.63) is 12.5 Å². The van der Waals surface area contributed by atoms with Crippen LogP contribution in [0.1, 0.15) is 13.8 Å². The number of hydrogen-bond acceptors (Lipinski definition) is 3. The summed E-state index contributed by atoms with van der Waals surface area (Å²) in [6.45, 7) is 4.55. The molecule has 0 bridgehead atoms. The summed E-state index contributed by atoms with van der Waals surface area (Å²) < 4.78 is 26.7. The Morgan fingerprint density at radius 2 is 2.00 bits per heavy atom. The monoisotopic (exact) mass is 217 g/mol. The molecular formula is C8H15N3O2S. The lowest BCUT2D eigenvalue weighted by molar-refractivity contribution is 0.443. The fourth-order valence-electron chi connectivity index (χ4n) is 1.22. The van der Waals surface area contributed by atoms with Gasteiger partial charge in [-0.1, -0.05) is 13.8 Å². The van der Waals surface area contributed by atoms with Crippen LogP contribution in [0.2, 0.25) is 0 Å². The Labute approximate surface area is 84.4 Å². The number of nitrogens with zero attached hydrogens (tertiary/aromatic N) is 3. The Hall–Kier alpha value is -0.880. The van der Waals surface area contributed by atoms with Crippen molar-refractivity contribution in [2.75, 3.05) is 13.1 Å². The molecule has 0 saturated heterocycles. The average Bonchev–Trinajstić information content (AvgIpc) is 2.54. The predicted molar refractivity (Wildman–Crippen MR) is 53.3 cm³/mol. The highest BCUT2D eigenvalue weighted by molar-refractivity contribution is 7.89. The van der Waals surface area contributed by atoms with Gasteiger partial charge in [-0.2, -0.15) is 4.31 Å². The van der Waals surface area contributed by atoms with Crippen LogP contribution in [0.5, 0.6) is 0 Å². The van der Waals surface area contributed by atoms with Crippen LogP contribution >= 0.6 is 0 Å². The number of imidazole rings is 1. The Morgan fingerprint density at radius 3 is 2.36 bits per heavy atom. The number of hydrogen-bond donors (Lipinski definition) is 0. The van der Waals surface area contributed by atoms with E-state index in [1.807, 2.05) is 13.8 Å². The highest BCUT2D eigenvalue weighted by Gasteiger charge is 2.23. The minimum absolute atomic E-state index is 0.115. The van der Waals surface area contributed by atoms with Crippen molar-refractivity contribution in [1.29, 1.82) is 0 Å². The zero-order valence-electron chi connectivity index (χ0n) is 8.64. The molecule has 0 unspecified atom stereocenters. The van der Waals surface area contributed by atoms with Crippen molar-refractivity contribution >= 4 is 10.0 Å². The first-order valence-corrected chi connectivity index (χ1v) is 5.94. The van der Waals surface area contributed by atoms with Crippen LogP contribution in [-0.4, -0.2) is 35.4 Å². The van der Waals surface area contributed by atoms with E-state index in [4.69, 9.17) is 0 Å². The third-order valence-corrected chi connectivity index (χ3v) is 3.93. The lowest BCUT2D eigenvalue weighted by Crippen LogP contribution is -2.30. The Kier molecular flexibility index (Phi) is 3.28. The largest absolute Gasteiger partial charge is 0.339 e. The summed E-state index contributed by atoms with van der Waals surface area (Å²) in [5.41, 5.74) is 0. The lowest BCUT2D eigenvalue weighted by atomic mass is 10.7. The molecule has 0 radical (unpaired) electrons. The molecule has 0 aromatic carbocycles. The molecule has 0 fully saturated rings. The average molecular weight is 217 g/mol. The minimum Gasteiger partial charge on any atom is -0.339 e. The van der Waals surface area contributed by atoms with E-state index in [1.54, 1.807) is 11.6 Å². The second-order valence-corrected chi connectivity index (χ2v) is 4.85. The second-order valence-electron chi connectivity index (χ2n) is 2.97. The van der Waals surface area contributed by atoms with Crippen molar-refractivity contribution in [2.24, 2.45) is 7.05 Å². The first-order valence-electron chi connectivity index (χ1n) is 4.50. The highest BCUT2D eigenvalue weighted by Crippen LogP contribution is 2.11. The van der Waals surface area contributed by atoms with Crippen LogP contribution < -0.4 is 0 Å². The molecule has 0 amide bonds. The molecule has 14 heavy (non-hydrogen) atoms. The molecule has 1 aromatic heterocycles. The summed E-state index contributed by atoms with van der Waals surface area (Å²) in [5, 5.41) is 0.115. The number of aryl methyl sites for hydroxylation is 1. The van der Waals surface area contributed by atoms with Crippen LogP contribution in [0.25, 0.3) is 0 Å². The zero-order valence-corrected chi connectivity index (χ0v) is 9.45. The molecule has 6 heteroatoms. The molecule has 0 aliphatic heterocycles. The van der Waals surface area contributed by atoms with Gasteiger partial charge in [-0.05, 0) is 0 Å². The van der Waals surface area contributed by atoms with Gasteiger partial charge < -0.3 is 4.57 Å². The number of aromatic nitrogens is 2. The quantitative estimate of drug-likeness (QED) is 0.736. The molecule has 5 nitrogen and oxygen atoms in total. The van der Waals surface area contributed by atoms with E-state index < -0.39 is 10.0 Å². The summed E-state index contributed by atoms with van der Waals surface area (Å²) in [6, 6.07) is 0. The van der Waals surface area contributed by atoms with Crippen LogP contribution in [0, 0.1) is 0 Å². The smallest absolute Gasteiger partial charge is 0.262 e. The number of rotatable bonds is 4. The SMILES string of the molecule is CCN(CC)S(=O)(=O)c1cn(C)cn1. The van der Waals surface area contributed by atoms with E-state index in [9.17, 15) is 8.42 Å². The summed E-state index contributed by atoms with van der Waals surface area (Å²) in [6.07, 6.45) is 2.99. The topological polar surface area (TPSA) is 55.2 Å². The van der Waals surface area contributed by atoms with Gasteiger partial charge in [0.2, 0.25) is 0 Å². The van der Waals surface area contributed by atoms with Crippen molar-refractivity contribution in [2.45, 2.75) is 18.9 Å². The Balaban J connectivity index is 3.07. The molecular weight excluding hydrogens is 202 g/mol. The van der Waals surface area contributed by atoms with Crippen molar-refractivity contribution in [3.8, 4) is 0 Å². The van der Waals surface area contributed by atoms with Gasteiger partial charge >= 0.3 is 0 Å². The highest BCUT2D eigenvalue weighted by atomic mass is 32.2. The van der Waals surface area contributed by atoms with Gasteiger partial charge in [0, 0.05) is 26.3 Å². The van der Waals surface area contributed by atoms with Gasteiger partial charge in [-0.3, -0.25) is 0 Å². The molecule has 0 saturated carbocycles. The van der Waals surface area contributed by atoms with Gasteiger partial charge in [-0.15, -0.1) is 0 Å². The van der Waals surface area contributed by atoms with Gasteiger partial charge in [-0.25, -0.2) is 13.4 Å². The summed E-state index contributed by atoms with van der Waals surface area (Å²) in [7, 11) is -1.63. The standard InChI is InChI=1S/C8H15N3O2S/c1-4-11(5-2)14(12,13)8-6-10(3)7-9-8/h6-7H,4-5H2,1-3H3. The van der Waals surface area contributed by atoms with Crippen molar-refractivity contribution < 1.29 is 8.42 Å². The van der Waals surface area contributed by atoms with E-state index in [-0.39, 0.29) is 5.03 Å². The van der Waals surface area contributed by atoms with Gasteiger partial charge in [0.1, 0.15) is 0 Å². The van der Waals surface area contributed by atoms with E-state index in [1.165, 1.54) is 16.8 Å². The molecule has 1 rings (SSSR count). The normalized spacial score (nSPS) is 12.3. The predicted octanol–water partition coefficient (Wildman–Crippen LogP) is 0.451. The molecule has 1 aromatic rings. The van der Waals surface area contributed by atoms with Gasteiger partial charge in [0.15, 0.2) is 5.03 Å². The van der Waals surface area contributed by atoms with Crippen molar-refractivity contribution in [1.82, 2.24) is 13.9 Å².